The normalized spacial score (nSPS) is 17.1. The first-order valence-electron chi connectivity index (χ1n) is 10.7. The van der Waals surface area contributed by atoms with Gasteiger partial charge in [0, 0.05) is 15.7 Å². The molecule has 0 saturated heterocycles. The van der Waals surface area contributed by atoms with Crippen molar-refractivity contribution in [1.82, 2.24) is 4.90 Å². The lowest BCUT2D eigenvalue weighted by molar-refractivity contribution is -0.158. The first kappa shape index (κ1) is 22.2. The molecule has 2 aromatic rings. The second-order valence-corrected chi connectivity index (χ2v) is 7.75. The molecule has 1 amide bonds. The number of carbonyl (C=O) groups excluding carboxylic acids is 1. The summed E-state index contributed by atoms with van der Waals surface area (Å²) in [6, 6.07) is 18.5. The number of carbonyl (C=O) groups is 1. The molecule has 1 saturated carbocycles. The van der Waals surface area contributed by atoms with Crippen molar-refractivity contribution in [3.63, 3.8) is 0 Å². The molecule has 160 valence electrons. The van der Waals surface area contributed by atoms with Crippen LogP contribution in [0.3, 0.4) is 0 Å². The second-order valence-electron chi connectivity index (χ2n) is 7.75. The fourth-order valence-corrected chi connectivity index (χ4v) is 4.40. The van der Waals surface area contributed by atoms with Gasteiger partial charge in [0.15, 0.2) is 0 Å². The van der Waals surface area contributed by atoms with E-state index >= 15 is 0 Å². The van der Waals surface area contributed by atoms with E-state index in [9.17, 15) is 15.9 Å². The van der Waals surface area contributed by atoms with Gasteiger partial charge in [-0.3, -0.25) is 4.79 Å². The van der Waals surface area contributed by atoms with E-state index in [1.807, 2.05) is 74.5 Å². The van der Waals surface area contributed by atoms with Gasteiger partial charge < -0.3 is 4.90 Å². The van der Waals surface area contributed by atoms with Crippen LogP contribution in [0, 0.1) is 5.92 Å². The van der Waals surface area contributed by atoms with Gasteiger partial charge in [0.05, 0.1) is 0 Å². The lowest BCUT2D eigenvalue weighted by Gasteiger charge is -2.52. The van der Waals surface area contributed by atoms with Crippen molar-refractivity contribution in [2.75, 3.05) is 0 Å². The van der Waals surface area contributed by atoms with Crippen LogP contribution in [0.25, 0.3) is 20.9 Å². The van der Waals surface area contributed by atoms with Gasteiger partial charge in [-0.25, -0.2) is 0 Å². The third kappa shape index (κ3) is 3.83. The molecule has 8 heteroatoms. The van der Waals surface area contributed by atoms with Gasteiger partial charge in [-0.15, -0.1) is 0 Å². The Kier molecular flexibility index (Phi) is 6.85. The smallest absolute Gasteiger partial charge is 0.227 e. The van der Waals surface area contributed by atoms with Crippen molar-refractivity contribution in [1.29, 1.82) is 0 Å². The predicted molar refractivity (Wildman–Crippen MR) is 119 cm³/mol. The molecule has 8 nitrogen and oxygen atoms in total. The quantitative estimate of drug-likeness (QED) is 0.250. The lowest BCUT2D eigenvalue weighted by Crippen LogP contribution is -2.60. The monoisotopic (exact) mass is 417 g/mol. The largest absolute Gasteiger partial charge is 0.311 e. The summed E-state index contributed by atoms with van der Waals surface area (Å²) in [5.74, 6) is -0.338. The van der Waals surface area contributed by atoms with E-state index in [-0.39, 0.29) is 11.8 Å². The topological polar surface area (TPSA) is 118 Å². The summed E-state index contributed by atoms with van der Waals surface area (Å²) >= 11 is 0. The molecule has 2 unspecified atom stereocenters. The maximum absolute atomic E-state index is 14.0. The van der Waals surface area contributed by atoms with Gasteiger partial charge in [-0.1, -0.05) is 91.2 Å². The lowest BCUT2D eigenvalue weighted by atomic mass is 9.80. The highest BCUT2D eigenvalue weighted by molar-refractivity contribution is 5.81. The highest BCUT2D eigenvalue weighted by Gasteiger charge is 2.53. The summed E-state index contributed by atoms with van der Waals surface area (Å²) in [5.41, 5.74) is 17.9. The Morgan fingerprint density at radius 3 is 1.61 bits per heavy atom. The third-order valence-corrected chi connectivity index (χ3v) is 6.29. The number of benzene rings is 2. The van der Waals surface area contributed by atoms with Crippen molar-refractivity contribution in [2.24, 2.45) is 16.1 Å². The Morgan fingerprint density at radius 2 is 1.32 bits per heavy atom. The first-order chi connectivity index (χ1) is 15.1. The molecule has 1 aliphatic rings. The van der Waals surface area contributed by atoms with Gasteiger partial charge in [0.1, 0.15) is 11.3 Å². The Labute approximate surface area is 182 Å². The first-order valence-corrected chi connectivity index (χ1v) is 10.7. The van der Waals surface area contributed by atoms with Gasteiger partial charge >= 0.3 is 0 Å². The van der Waals surface area contributed by atoms with Crippen molar-refractivity contribution in [2.45, 2.75) is 57.3 Å². The summed E-state index contributed by atoms with van der Waals surface area (Å²) < 4.78 is 0. The molecule has 31 heavy (non-hydrogen) atoms. The number of rotatable bonds is 9. The van der Waals surface area contributed by atoms with Crippen molar-refractivity contribution in [3.05, 3.63) is 92.7 Å². The molecule has 1 fully saturated rings. The minimum atomic E-state index is -1.34. The van der Waals surface area contributed by atoms with Crippen LogP contribution in [0.4, 0.5) is 0 Å². The van der Waals surface area contributed by atoms with E-state index in [0.717, 1.165) is 19.3 Å². The van der Waals surface area contributed by atoms with Crippen molar-refractivity contribution < 1.29 is 4.79 Å². The van der Waals surface area contributed by atoms with Crippen LogP contribution in [-0.2, 0) is 16.1 Å². The van der Waals surface area contributed by atoms with Gasteiger partial charge in [-0.2, -0.15) is 0 Å². The van der Waals surface area contributed by atoms with E-state index in [1.165, 1.54) is 0 Å². The maximum atomic E-state index is 14.0. The highest BCUT2D eigenvalue weighted by atomic mass is 16.2. The molecule has 1 aliphatic carbocycles. The number of amides is 1. The van der Waals surface area contributed by atoms with Crippen LogP contribution in [-0.4, -0.2) is 10.8 Å². The summed E-state index contributed by atoms with van der Waals surface area (Å²) in [7, 11) is 0. The number of hydrogen-bond donors (Lipinski definition) is 0. The van der Waals surface area contributed by atoms with Crippen LogP contribution in [0.1, 0.15) is 57.1 Å². The molecule has 0 aliphatic heterocycles. The zero-order chi connectivity index (χ0) is 22.3. The fourth-order valence-electron chi connectivity index (χ4n) is 4.40. The van der Waals surface area contributed by atoms with Crippen LogP contribution in [0.5, 0.6) is 0 Å². The zero-order valence-electron chi connectivity index (χ0n) is 17.9. The zero-order valence-corrected chi connectivity index (χ0v) is 17.9. The van der Waals surface area contributed by atoms with Crippen LogP contribution < -0.4 is 0 Å². The fraction of sp³-hybridized carbons (Fsp3) is 0.435. The Balaban J connectivity index is 2.38. The minimum Gasteiger partial charge on any atom is -0.311 e. The standard InChI is InChI=1S/C23H27N7O/c1-3-22(26-28-24,19-14-7-5-8-15-19)30(21(31)18-12-11-13-18)23(4-2,27-29-25)20-16-9-6-10-17-20/h5-10,14-18H,3-4,11-13H2,1-2H3. The van der Waals surface area contributed by atoms with Crippen molar-refractivity contribution >= 4 is 5.91 Å². The molecular formula is C23H27N7O. The summed E-state index contributed by atoms with van der Waals surface area (Å²) in [6.07, 6.45) is 3.17. The molecule has 0 radical (unpaired) electrons. The van der Waals surface area contributed by atoms with E-state index in [4.69, 9.17) is 0 Å². The molecule has 2 atom stereocenters. The van der Waals surface area contributed by atoms with E-state index in [0.29, 0.717) is 24.0 Å². The molecular weight excluding hydrogens is 390 g/mol. The van der Waals surface area contributed by atoms with E-state index in [2.05, 4.69) is 20.1 Å². The van der Waals surface area contributed by atoms with E-state index in [1.54, 1.807) is 4.90 Å². The number of hydrogen-bond acceptors (Lipinski definition) is 3. The summed E-state index contributed by atoms with van der Waals surface area (Å²) in [5, 5.41) is 8.46. The molecule has 0 aromatic heterocycles. The summed E-state index contributed by atoms with van der Waals surface area (Å²) in [6.45, 7) is 3.76. The third-order valence-electron chi connectivity index (χ3n) is 6.29. The molecule has 2 aromatic carbocycles. The molecule has 0 bridgehead atoms. The van der Waals surface area contributed by atoms with Gasteiger partial charge in [0.2, 0.25) is 5.91 Å². The average molecular weight is 418 g/mol. The number of nitrogens with zero attached hydrogens (tertiary/aromatic N) is 7. The van der Waals surface area contributed by atoms with Gasteiger partial charge in [-0.05, 0) is 47.9 Å². The second kappa shape index (κ2) is 9.56. The Bertz CT molecular complexity index is 926. The number of azide groups is 2. The molecule has 3 rings (SSSR count). The highest BCUT2D eigenvalue weighted by Crippen LogP contribution is 2.48. The van der Waals surface area contributed by atoms with Crippen molar-refractivity contribution in [3.8, 4) is 0 Å². The van der Waals surface area contributed by atoms with Crippen LogP contribution >= 0.6 is 0 Å². The van der Waals surface area contributed by atoms with E-state index < -0.39 is 11.3 Å². The molecule has 0 N–H and O–H groups in total. The maximum Gasteiger partial charge on any atom is 0.227 e. The molecule has 0 spiro atoms. The summed E-state index contributed by atoms with van der Waals surface area (Å²) in [4.78, 5) is 21.9. The average Bonchev–Trinajstić information content (AvgIpc) is 2.78. The Morgan fingerprint density at radius 1 is 0.903 bits per heavy atom. The SMILES string of the molecule is CCC(N=[N+]=[N-])(c1ccccc1)N(C(=O)C1CCC1)C(CC)(N=[N+]=[N-])c1ccccc1. The minimum absolute atomic E-state index is 0.151. The molecule has 0 heterocycles. The van der Waals surface area contributed by atoms with Gasteiger partial charge in [0.25, 0.3) is 0 Å². The van der Waals surface area contributed by atoms with Crippen LogP contribution in [0.2, 0.25) is 0 Å². The Hall–Kier alpha value is -3.47. The van der Waals surface area contributed by atoms with Crippen LogP contribution in [0.15, 0.2) is 70.9 Å². The predicted octanol–water partition coefficient (Wildman–Crippen LogP) is 6.76.